The Balaban J connectivity index is 1.47. The molecule has 3 aromatic rings. The van der Waals surface area contributed by atoms with E-state index in [1.54, 1.807) is 12.0 Å². The van der Waals surface area contributed by atoms with Crippen molar-refractivity contribution in [3.8, 4) is 5.75 Å². The molecule has 2 saturated heterocycles. The van der Waals surface area contributed by atoms with Gasteiger partial charge in [-0.1, -0.05) is 67.7 Å². The molecule has 41 heavy (non-hydrogen) atoms. The van der Waals surface area contributed by atoms with Crippen LogP contribution in [0.1, 0.15) is 30.9 Å². The molecule has 7 nitrogen and oxygen atoms in total. The highest BCUT2D eigenvalue weighted by Gasteiger charge is 2.66. The normalized spacial score (nSPS) is 25.5. The fourth-order valence-corrected chi connectivity index (χ4v) is 11.4. The predicted molar refractivity (Wildman–Crippen MR) is 162 cm³/mol. The van der Waals surface area contributed by atoms with Crippen LogP contribution in [-0.2, 0) is 26.5 Å². The number of nitrogens with zero attached hydrogens (tertiary/aromatic N) is 2. The van der Waals surface area contributed by atoms with Crippen LogP contribution < -0.4 is 19.7 Å². The maximum Gasteiger partial charge on any atom is 0.264 e. The van der Waals surface area contributed by atoms with Crippen molar-refractivity contribution in [2.75, 3.05) is 30.1 Å². The molecule has 214 valence electrons. The van der Waals surface area contributed by atoms with E-state index in [1.165, 1.54) is 5.19 Å². The Morgan fingerprint density at radius 2 is 1.78 bits per heavy atom. The summed E-state index contributed by atoms with van der Waals surface area (Å²) in [6.07, 6.45) is 0.701. The van der Waals surface area contributed by atoms with E-state index in [4.69, 9.17) is 9.47 Å². The predicted octanol–water partition coefficient (Wildman–Crippen LogP) is 4.58. The van der Waals surface area contributed by atoms with Crippen molar-refractivity contribution in [1.82, 2.24) is 0 Å². The van der Waals surface area contributed by atoms with Crippen LogP contribution in [0.3, 0.4) is 0 Å². The summed E-state index contributed by atoms with van der Waals surface area (Å²) >= 11 is 0. The lowest BCUT2D eigenvalue weighted by atomic mass is 9.82. The monoisotopic (exact) mass is 570 g/mol. The van der Waals surface area contributed by atoms with E-state index in [1.807, 2.05) is 65.6 Å². The number of aliphatic hydroxyl groups is 1. The zero-order valence-electron chi connectivity index (χ0n) is 24.2. The molecule has 8 heteroatoms. The Labute approximate surface area is 242 Å². The van der Waals surface area contributed by atoms with Crippen LogP contribution in [0, 0.1) is 5.92 Å². The van der Waals surface area contributed by atoms with E-state index in [0.29, 0.717) is 25.9 Å². The molecule has 0 saturated carbocycles. The summed E-state index contributed by atoms with van der Waals surface area (Å²) < 4.78 is 12.4. The van der Waals surface area contributed by atoms with Gasteiger partial charge in [0.1, 0.15) is 5.75 Å². The van der Waals surface area contributed by atoms with Crippen molar-refractivity contribution < 1.29 is 24.2 Å². The maximum absolute atomic E-state index is 14.7. The Hall–Kier alpha value is -3.46. The molecule has 4 atom stereocenters. The van der Waals surface area contributed by atoms with Gasteiger partial charge in [0.05, 0.1) is 33.5 Å². The zero-order chi connectivity index (χ0) is 28.9. The minimum atomic E-state index is -2.26. The fourth-order valence-electron chi connectivity index (χ4n) is 7.38. The van der Waals surface area contributed by atoms with Gasteiger partial charge in [0.2, 0.25) is 5.91 Å². The lowest BCUT2D eigenvalue weighted by Gasteiger charge is -2.37. The van der Waals surface area contributed by atoms with E-state index in [0.717, 1.165) is 28.3 Å². The van der Waals surface area contributed by atoms with Gasteiger partial charge in [-0.05, 0) is 47.9 Å². The average molecular weight is 571 g/mol. The molecule has 3 aliphatic heterocycles. The van der Waals surface area contributed by atoms with Gasteiger partial charge in [-0.3, -0.25) is 9.59 Å². The van der Waals surface area contributed by atoms with Crippen molar-refractivity contribution >= 4 is 36.4 Å². The van der Waals surface area contributed by atoms with E-state index >= 15 is 0 Å². The number of aliphatic hydroxyl groups excluding tert-OH is 1. The second-order valence-corrected chi connectivity index (χ2v) is 16.7. The quantitative estimate of drug-likeness (QED) is 0.317. The molecule has 0 radical (unpaired) electrons. The highest BCUT2D eigenvalue weighted by molar-refractivity contribution is 6.91. The lowest BCUT2D eigenvalue weighted by molar-refractivity contribution is -0.146. The summed E-state index contributed by atoms with van der Waals surface area (Å²) in [5, 5.41) is 11.4. The summed E-state index contributed by atoms with van der Waals surface area (Å²) in [5.74, 6) is 0.675. The zero-order valence-corrected chi connectivity index (χ0v) is 25.2. The van der Waals surface area contributed by atoms with Crippen LogP contribution >= 0.6 is 0 Å². The maximum atomic E-state index is 14.7. The Kier molecular flexibility index (Phi) is 7.04. The molecule has 3 aromatic carbocycles. The third-order valence-corrected chi connectivity index (χ3v) is 13.9. The molecule has 3 heterocycles. The first-order chi connectivity index (χ1) is 19.7. The highest BCUT2D eigenvalue weighted by Crippen LogP contribution is 2.60. The van der Waals surface area contributed by atoms with E-state index in [-0.39, 0.29) is 36.0 Å². The molecule has 2 amide bonds. The van der Waals surface area contributed by atoms with Crippen LogP contribution in [0.4, 0.5) is 11.4 Å². The summed E-state index contributed by atoms with van der Waals surface area (Å²) in [7, 11) is -0.591. The molecule has 1 N–H and O–H groups in total. The Bertz CT molecular complexity index is 1460. The standard InChI is InChI=1S/C33H38N2O5Si/c1-22-31(41(3,4)26-13-11-25(39-2)12-14-26)29(17-19-36)40-33(22)27-20-24(34-18-16-30(34)37)10-15-28(27)35(32(33)38)21-23-8-6-5-7-9-23/h5-15,20,22,29,31,36H,16-19,21H2,1-4H3/t22-,29+,31-,33+/m0/s1. The van der Waals surface area contributed by atoms with Gasteiger partial charge in [0.15, 0.2) is 5.60 Å². The number of carbonyl (C=O) groups is 2. The number of rotatable bonds is 8. The van der Waals surface area contributed by atoms with E-state index in [9.17, 15) is 14.7 Å². The van der Waals surface area contributed by atoms with Gasteiger partial charge in [-0.2, -0.15) is 0 Å². The number of methoxy groups -OCH3 is 1. The highest BCUT2D eigenvalue weighted by atomic mass is 28.3. The van der Waals surface area contributed by atoms with Crippen molar-refractivity contribution in [2.24, 2.45) is 5.92 Å². The first kappa shape index (κ1) is 27.7. The van der Waals surface area contributed by atoms with Gasteiger partial charge in [-0.25, -0.2) is 0 Å². The minimum Gasteiger partial charge on any atom is -0.497 e. The lowest BCUT2D eigenvalue weighted by Crippen LogP contribution is -2.51. The number of anilines is 2. The number of carbonyl (C=O) groups excluding carboxylic acids is 2. The first-order valence-corrected chi connectivity index (χ1v) is 17.5. The molecule has 0 bridgehead atoms. The molecular formula is C33H38N2O5Si. The van der Waals surface area contributed by atoms with Crippen molar-refractivity contribution in [3.05, 3.63) is 83.9 Å². The fraction of sp³-hybridized carbons (Fsp3) is 0.394. The third-order valence-electron chi connectivity index (χ3n) is 9.58. The number of hydrogen-bond acceptors (Lipinski definition) is 5. The van der Waals surface area contributed by atoms with E-state index in [2.05, 4.69) is 32.2 Å². The number of fused-ring (bicyclic) bond motifs is 2. The molecule has 0 aliphatic carbocycles. The smallest absolute Gasteiger partial charge is 0.264 e. The summed E-state index contributed by atoms with van der Waals surface area (Å²) in [6, 6.07) is 24.2. The average Bonchev–Trinajstić information content (AvgIpc) is 3.39. The number of benzene rings is 3. The molecule has 3 aliphatic rings. The third kappa shape index (κ3) is 4.31. The van der Waals surface area contributed by atoms with Crippen LogP contribution in [0.2, 0.25) is 18.6 Å². The number of hydrogen-bond donors (Lipinski definition) is 1. The molecule has 0 aromatic heterocycles. The van der Waals surface area contributed by atoms with Crippen LogP contribution in [0.15, 0.2) is 72.8 Å². The van der Waals surface area contributed by atoms with Gasteiger partial charge < -0.3 is 24.4 Å². The largest absolute Gasteiger partial charge is 0.497 e. The van der Waals surface area contributed by atoms with Crippen molar-refractivity contribution in [3.63, 3.8) is 0 Å². The second kappa shape index (κ2) is 10.4. The Morgan fingerprint density at radius 1 is 1.05 bits per heavy atom. The Morgan fingerprint density at radius 3 is 2.39 bits per heavy atom. The summed E-state index contributed by atoms with van der Waals surface area (Å²) in [4.78, 5) is 30.7. The molecule has 6 rings (SSSR count). The number of amides is 2. The molecule has 0 unspecified atom stereocenters. The van der Waals surface area contributed by atoms with Crippen molar-refractivity contribution in [1.29, 1.82) is 0 Å². The first-order valence-electron chi connectivity index (χ1n) is 14.5. The SMILES string of the molecule is COc1ccc([Si](C)(C)[C@@H]2[C@@H](CCO)O[C@]3(C(=O)N(Cc4ccccc4)c4ccc(N5CCC5=O)cc43)[C@H]2C)cc1. The van der Waals surface area contributed by atoms with Crippen molar-refractivity contribution in [2.45, 2.75) is 56.7 Å². The van der Waals surface area contributed by atoms with E-state index < -0.39 is 13.7 Å². The second-order valence-electron chi connectivity index (χ2n) is 12.0. The molecule has 1 spiro atoms. The minimum absolute atomic E-state index is 0.0197. The van der Waals surface area contributed by atoms with Gasteiger partial charge in [0.25, 0.3) is 5.91 Å². The summed E-state index contributed by atoms with van der Waals surface area (Å²) in [6.45, 7) is 7.90. The molecular weight excluding hydrogens is 532 g/mol. The van der Waals surface area contributed by atoms with Crippen LogP contribution in [0.25, 0.3) is 0 Å². The topological polar surface area (TPSA) is 79.3 Å². The number of ether oxygens (including phenoxy) is 2. The van der Waals surface area contributed by atoms with Crippen LogP contribution in [0.5, 0.6) is 5.75 Å². The number of β-lactam (4-membered cyclic amide) rings is 1. The molecule has 2 fully saturated rings. The van der Waals surface area contributed by atoms with Gasteiger partial charge in [-0.15, -0.1) is 0 Å². The summed E-state index contributed by atoms with van der Waals surface area (Å²) in [5.41, 5.74) is 2.36. The van der Waals surface area contributed by atoms with Gasteiger partial charge >= 0.3 is 0 Å². The van der Waals surface area contributed by atoms with Crippen LogP contribution in [-0.4, -0.2) is 51.4 Å². The van der Waals surface area contributed by atoms with Gasteiger partial charge in [0, 0.05) is 36.7 Å².